The average Bonchev–Trinajstić information content (AvgIpc) is 4.03. The molecule has 0 fully saturated rings. The summed E-state index contributed by atoms with van der Waals surface area (Å²) >= 11 is 0. The van der Waals surface area contributed by atoms with Gasteiger partial charge in [-0.15, -0.1) is 4.68 Å². The van der Waals surface area contributed by atoms with E-state index < -0.39 is 0 Å². The van der Waals surface area contributed by atoms with Crippen molar-refractivity contribution in [2.45, 2.75) is 40.5 Å². The number of aryl methyl sites for hydroxylation is 2. The molecule has 8 rings (SSSR count). The number of hydrogen-bond acceptors (Lipinski definition) is 11. The Kier molecular flexibility index (Phi) is 9.61. The molecule has 4 N–H and O–H groups in total. The van der Waals surface area contributed by atoms with Crippen molar-refractivity contribution in [1.82, 2.24) is 53.7 Å². The minimum absolute atomic E-state index is 0.109. The van der Waals surface area contributed by atoms with Crippen LogP contribution in [0.1, 0.15) is 36.4 Å². The van der Waals surface area contributed by atoms with Crippen LogP contribution in [0.2, 0.25) is 0 Å². The molecule has 56 heavy (non-hydrogen) atoms. The molecule has 8 aromatic heterocycles. The highest BCUT2D eigenvalue weighted by Gasteiger charge is 2.22. The van der Waals surface area contributed by atoms with Crippen molar-refractivity contribution in [3.05, 3.63) is 117 Å². The van der Waals surface area contributed by atoms with Crippen molar-refractivity contribution in [2.24, 2.45) is 5.73 Å². The van der Waals surface area contributed by atoms with Gasteiger partial charge >= 0.3 is 5.82 Å². The van der Waals surface area contributed by atoms with Crippen molar-refractivity contribution in [1.29, 1.82) is 0 Å². The predicted molar refractivity (Wildman–Crippen MR) is 204 cm³/mol. The zero-order valence-electron chi connectivity index (χ0n) is 31.3. The number of aromatic amines is 2. The Morgan fingerprint density at radius 2 is 1.36 bits per heavy atom. The molecular formula is C38H40N13O5+. The number of nitrogens with zero attached hydrogens (tertiary/aromatic N) is 10. The van der Waals surface area contributed by atoms with Gasteiger partial charge in [0, 0.05) is 82.7 Å². The number of fused-ring (bicyclic) bond motifs is 2. The van der Waals surface area contributed by atoms with Crippen LogP contribution in [-0.4, -0.2) is 80.1 Å². The third kappa shape index (κ3) is 6.55. The average molecular weight is 759 g/mol. The molecule has 0 amide bonds. The second-order valence-corrected chi connectivity index (χ2v) is 12.9. The molecule has 0 unspecified atom stereocenters. The Bertz CT molecular complexity index is 2820. The lowest BCUT2D eigenvalue weighted by molar-refractivity contribution is -0.886. The maximum Gasteiger partial charge on any atom is 0.349 e. The second kappa shape index (κ2) is 15.0. The fourth-order valence-electron chi connectivity index (χ4n) is 6.64. The van der Waals surface area contributed by atoms with Crippen LogP contribution in [0.25, 0.3) is 45.2 Å². The molecule has 0 radical (unpaired) electrons. The van der Waals surface area contributed by atoms with Crippen molar-refractivity contribution in [3.8, 4) is 45.4 Å². The third-order valence-corrected chi connectivity index (χ3v) is 9.45. The SMILES string of the molecule is CCc1c(C)nc2c(-c3cnn(-c4cc(OCCO[n+]5ccc(OCCN)cc5-n5cc(-c6c[nH]n7c(=O)c(CC)c(C)nc67)cn5)ccn4)c3)c[nH]n2c1=O. The Labute approximate surface area is 318 Å². The molecule has 286 valence electrons. The molecule has 0 aliphatic rings. The first-order valence-electron chi connectivity index (χ1n) is 18.2. The Hall–Kier alpha value is -7.08. The van der Waals surface area contributed by atoms with Gasteiger partial charge in [0.15, 0.2) is 23.7 Å². The van der Waals surface area contributed by atoms with Crippen molar-refractivity contribution >= 4 is 11.3 Å². The van der Waals surface area contributed by atoms with Crippen molar-refractivity contribution in [3.63, 3.8) is 0 Å². The molecule has 0 saturated heterocycles. The highest BCUT2D eigenvalue weighted by atomic mass is 16.7. The van der Waals surface area contributed by atoms with Crippen LogP contribution in [0.15, 0.2) is 83.4 Å². The first-order valence-corrected chi connectivity index (χ1v) is 18.2. The number of rotatable bonds is 14. The van der Waals surface area contributed by atoms with Gasteiger partial charge in [-0.1, -0.05) is 18.9 Å². The van der Waals surface area contributed by atoms with E-state index in [1.54, 1.807) is 75.5 Å². The molecule has 0 aromatic carbocycles. The van der Waals surface area contributed by atoms with E-state index in [1.807, 2.05) is 40.1 Å². The molecule has 8 aromatic rings. The molecule has 0 aliphatic carbocycles. The van der Waals surface area contributed by atoms with Gasteiger partial charge in [-0.3, -0.25) is 19.8 Å². The summed E-state index contributed by atoms with van der Waals surface area (Å²) < 4.78 is 19.6. The predicted octanol–water partition coefficient (Wildman–Crippen LogP) is 2.33. The molecular weight excluding hydrogens is 719 g/mol. The van der Waals surface area contributed by atoms with E-state index in [0.717, 1.165) is 22.3 Å². The van der Waals surface area contributed by atoms with Crippen molar-refractivity contribution < 1.29 is 19.0 Å². The first kappa shape index (κ1) is 35.9. The van der Waals surface area contributed by atoms with Crippen LogP contribution < -0.4 is 35.9 Å². The number of aromatic nitrogens is 12. The standard InChI is InChI=1S/C38H39N13O5/c1-5-29-23(3)45-35-31(19-43-50(35)37(29)52)25-17-41-47(21-25)33-15-27(7-10-40-33)55-13-14-56-49-11-8-28(54-12-9-39)16-34(49)48-22-26(18-42-48)32-20-44-51-36(32)46-24(4)30(6-2)38(51)53/h7-8,10-11,15-22H,5-6,9,12-14,39H2,1-4H3,(H-,43,44,45,46,52,53)/p+1. The van der Waals surface area contributed by atoms with E-state index in [2.05, 4.69) is 30.4 Å². The van der Waals surface area contributed by atoms with Crippen LogP contribution in [0.4, 0.5) is 0 Å². The maximum absolute atomic E-state index is 13.0. The fraction of sp³-hybridized carbons (Fsp3) is 0.263. The van der Waals surface area contributed by atoms with E-state index in [4.69, 9.17) is 25.0 Å². The fourth-order valence-corrected chi connectivity index (χ4v) is 6.64. The number of nitrogens with two attached hydrogens (primary N) is 1. The van der Waals surface area contributed by atoms with Crippen LogP contribution >= 0.6 is 0 Å². The van der Waals surface area contributed by atoms with E-state index >= 15 is 0 Å². The van der Waals surface area contributed by atoms with Gasteiger partial charge in [-0.2, -0.15) is 5.10 Å². The highest BCUT2D eigenvalue weighted by molar-refractivity contribution is 5.77. The summed E-state index contributed by atoms with van der Waals surface area (Å²) in [6.45, 7) is 8.66. The van der Waals surface area contributed by atoms with Gasteiger partial charge in [-0.25, -0.2) is 28.7 Å². The Balaban J connectivity index is 0.978. The number of H-pyrrole nitrogens is 2. The van der Waals surface area contributed by atoms with Crippen LogP contribution in [0, 0.1) is 13.8 Å². The number of ether oxygens (including phenoxy) is 2. The van der Waals surface area contributed by atoms with E-state index in [-0.39, 0.29) is 24.3 Å². The molecule has 0 spiro atoms. The normalized spacial score (nSPS) is 11.5. The summed E-state index contributed by atoms with van der Waals surface area (Å²) in [4.78, 5) is 46.0. The number of nitrogens with one attached hydrogen (secondary N) is 2. The zero-order chi connectivity index (χ0) is 38.9. The summed E-state index contributed by atoms with van der Waals surface area (Å²) in [5, 5.41) is 15.2. The molecule has 0 saturated carbocycles. The summed E-state index contributed by atoms with van der Waals surface area (Å²) in [5.74, 6) is 2.25. The largest absolute Gasteiger partial charge is 0.492 e. The Morgan fingerprint density at radius 1 is 0.768 bits per heavy atom. The number of pyridine rings is 2. The van der Waals surface area contributed by atoms with E-state index in [1.165, 1.54) is 9.03 Å². The smallest absolute Gasteiger partial charge is 0.349 e. The first-order chi connectivity index (χ1) is 27.3. The molecule has 0 bridgehead atoms. The van der Waals surface area contributed by atoms with Crippen LogP contribution in [0.5, 0.6) is 11.5 Å². The van der Waals surface area contributed by atoms with Gasteiger partial charge in [0.2, 0.25) is 0 Å². The zero-order valence-corrected chi connectivity index (χ0v) is 31.3. The lowest BCUT2D eigenvalue weighted by Crippen LogP contribution is -2.47. The summed E-state index contributed by atoms with van der Waals surface area (Å²) in [5.41, 5.74) is 12.2. The summed E-state index contributed by atoms with van der Waals surface area (Å²) in [6.07, 6.45) is 15.1. The van der Waals surface area contributed by atoms with Gasteiger partial charge in [0.25, 0.3) is 11.1 Å². The second-order valence-electron chi connectivity index (χ2n) is 12.9. The summed E-state index contributed by atoms with van der Waals surface area (Å²) in [6, 6.07) is 7.10. The maximum atomic E-state index is 13.0. The quantitative estimate of drug-likeness (QED) is 0.108. The van der Waals surface area contributed by atoms with Crippen molar-refractivity contribution in [2.75, 3.05) is 26.4 Å². The van der Waals surface area contributed by atoms with Gasteiger partial charge in [-0.05, 0) is 37.5 Å². The molecule has 18 heteroatoms. The van der Waals surface area contributed by atoms with Gasteiger partial charge < -0.3 is 20.0 Å². The molecule has 8 heterocycles. The minimum Gasteiger partial charge on any atom is -0.492 e. The minimum atomic E-state index is -0.120. The van der Waals surface area contributed by atoms with E-state index in [9.17, 15) is 9.59 Å². The molecule has 0 atom stereocenters. The molecule has 18 nitrogen and oxygen atoms in total. The lowest BCUT2D eigenvalue weighted by atomic mass is 10.1. The number of hydrogen-bond donors (Lipinski definition) is 3. The topological polar surface area (TPSA) is 206 Å². The third-order valence-electron chi connectivity index (χ3n) is 9.45. The van der Waals surface area contributed by atoms with E-state index in [0.29, 0.717) is 82.9 Å². The van der Waals surface area contributed by atoms with Gasteiger partial charge in [0.05, 0.1) is 24.0 Å². The van der Waals surface area contributed by atoms with Crippen LogP contribution in [0.3, 0.4) is 0 Å². The van der Waals surface area contributed by atoms with Gasteiger partial charge in [0.1, 0.15) is 37.1 Å². The highest BCUT2D eigenvalue weighted by Crippen LogP contribution is 2.26. The summed E-state index contributed by atoms with van der Waals surface area (Å²) in [7, 11) is 0. The molecule has 0 aliphatic heterocycles. The van der Waals surface area contributed by atoms with Crippen LogP contribution in [-0.2, 0) is 12.8 Å². The Morgan fingerprint density at radius 3 is 1.98 bits per heavy atom. The monoisotopic (exact) mass is 758 g/mol. The lowest BCUT2D eigenvalue weighted by Gasteiger charge is -2.10.